The van der Waals surface area contributed by atoms with E-state index in [2.05, 4.69) is 10.3 Å². The second-order valence-corrected chi connectivity index (χ2v) is 3.09. The van der Waals surface area contributed by atoms with Crippen LogP contribution in [0.25, 0.3) is 0 Å². The number of hydrogen-bond acceptors (Lipinski definition) is 3. The van der Waals surface area contributed by atoms with E-state index in [1.165, 1.54) is 0 Å². The second-order valence-electron chi connectivity index (χ2n) is 3.09. The van der Waals surface area contributed by atoms with Crippen LogP contribution in [0.4, 0.5) is 0 Å². The van der Waals surface area contributed by atoms with Crippen LogP contribution in [-0.4, -0.2) is 16.9 Å². The Kier molecular flexibility index (Phi) is 4.07. The van der Waals surface area contributed by atoms with E-state index in [-0.39, 0.29) is 5.91 Å². The third-order valence-electron chi connectivity index (χ3n) is 1.97. The largest absolute Gasteiger partial charge is 0.351 e. The predicted molar refractivity (Wildman–Crippen MR) is 54.4 cm³/mol. The highest BCUT2D eigenvalue weighted by molar-refractivity contribution is 5.81. The van der Waals surface area contributed by atoms with Crippen molar-refractivity contribution >= 4 is 5.91 Å². The maximum absolute atomic E-state index is 11.3. The maximum Gasteiger partial charge on any atom is 0.237 e. The summed E-state index contributed by atoms with van der Waals surface area (Å²) in [7, 11) is 0. The monoisotopic (exact) mass is 193 g/mol. The van der Waals surface area contributed by atoms with E-state index in [9.17, 15) is 4.79 Å². The SMILES string of the molecule is CC[C@H](N)C(=O)NCc1cccnc1. The Morgan fingerprint density at radius 2 is 2.50 bits per heavy atom. The normalized spacial score (nSPS) is 12.1. The van der Waals surface area contributed by atoms with E-state index in [0.29, 0.717) is 13.0 Å². The van der Waals surface area contributed by atoms with Crippen LogP contribution in [0.1, 0.15) is 18.9 Å². The fourth-order valence-electron chi connectivity index (χ4n) is 1.01. The fraction of sp³-hybridized carbons (Fsp3) is 0.400. The van der Waals surface area contributed by atoms with Crippen LogP contribution in [0.2, 0.25) is 0 Å². The standard InChI is InChI=1S/C10H15N3O/c1-2-9(11)10(14)13-7-8-4-3-5-12-6-8/h3-6,9H,2,7,11H2,1H3,(H,13,14)/t9-/m0/s1. The molecule has 0 aliphatic rings. The molecule has 0 bridgehead atoms. The molecule has 1 heterocycles. The van der Waals surface area contributed by atoms with Gasteiger partial charge in [-0.05, 0) is 18.1 Å². The van der Waals surface area contributed by atoms with Gasteiger partial charge in [-0.25, -0.2) is 0 Å². The van der Waals surface area contributed by atoms with Gasteiger partial charge in [-0.3, -0.25) is 9.78 Å². The van der Waals surface area contributed by atoms with Crippen molar-refractivity contribution in [3.63, 3.8) is 0 Å². The van der Waals surface area contributed by atoms with Gasteiger partial charge in [0.25, 0.3) is 0 Å². The van der Waals surface area contributed by atoms with Crippen molar-refractivity contribution < 1.29 is 4.79 Å². The molecule has 0 aliphatic heterocycles. The Hall–Kier alpha value is -1.42. The zero-order chi connectivity index (χ0) is 10.4. The average Bonchev–Trinajstić information content (AvgIpc) is 2.26. The molecule has 4 nitrogen and oxygen atoms in total. The third-order valence-corrected chi connectivity index (χ3v) is 1.97. The van der Waals surface area contributed by atoms with Gasteiger partial charge in [0.05, 0.1) is 6.04 Å². The molecule has 1 amide bonds. The molecule has 1 aromatic rings. The summed E-state index contributed by atoms with van der Waals surface area (Å²) in [5.74, 6) is -0.114. The van der Waals surface area contributed by atoms with Gasteiger partial charge in [-0.15, -0.1) is 0 Å². The van der Waals surface area contributed by atoms with Gasteiger partial charge in [0.1, 0.15) is 0 Å². The summed E-state index contributed by atoms with van der Waals surface area (Å²) in [4.78, 5) is 15.2. The second kappa shape index (κ2) is 5.34. The van der Waals surface area contributed by atoms with Crippen molar-refractivity contribution in [2.45, 2.75) is 25.9 Å². The lowest BCUT2D eigenvalue weighted by Crippen LogP contribution is -2.39. The van der Waals surface area contributed by atoms with Gasteiger partial charge in [-0.2, -0.15) is 0 Å². The summed E-state index contributed by atoms with van der Waals surface area (Å²) >= 11 is 0. The lowest BCUT2D eigenvalue weighted by atomic mass is 10.2. The highest BCUT2D eigenvalue weighted by Gasteiger charge is 2.09. The number of carbonyl (C=O) groups excluding carboxylic acids is 1. The number of rotatable bonds is 4. The van der Waals surface area contributed by atoms with E-state index in [1.54, 1.807) is 12.4 Å². The highest BCUT2D eigenvalue weighted by Crippen LogP contribution is 1.95. The quantitative estimate of drug-likeness (QED) is 0.729. The van der Waals surface area contributed by atoms with Crippen molar-refractivity contribution in [1.29, 1.82) is 0 Å². The molecule has 3 N–H and O–H groups in total. The zero-order valence-corrected chi connectivity index (χ0v) is 8.23. The minimum atomic E-state index is -0.410. The molecule has 76 valence electrons. The number of pyridine rings is 1. The van der Waals surface area contributed by atoms with Crippen LogP contribution in [0.3, 0.4) is 0 Å². The molecular formula is C10H15N3O. The predicted octanol–water partition coefficient (Wildman–Crippen LogP) is 0.435. The molecule has 0 radical (unpaired) electrons. The molecule has 0 saturated heterocycles. The van der Waals surface area contributed by atoms with Crippen LogP contribution < -0.4 is 11.1 Å². The van der Waals surface area contributed by atoms with Crippen molar-refractivity contribution in [2.24, 2.45) is 5.73 Å². The van der Waals surface area contributed by atoms with E-state index in [4.69, 9.17) is 5.73 Å². The Bertz CT molecular complexity index is 287. The minimum Gasteiger partial charge on any atom is -0.351 e. The summed E-state index contributed by atoms with van der Waals surface area (Å²) in [6.07, 6.45) is 4.07. The summed E-state index contributed by atoms with van der Waals surface area (Å²) in [5, 5.41) is 2.75. The number of hydrogen-bond donors (Lipinski definition) is 2. The van der Waals surface area contributed by atoms with Crippen molar-refractivity contribution in [3.05, 3.63) is 30.1 Å². The topological polar surface area (TPSA) is 68.0 Å². The number of aromatic nitrogens is 1. The molecule has 14 heavy (non-hydrogen) atoms. The molecule has 1 aromatic heterocycles. The van der Waals surface area contributed by atoms with E-state index < -0.39 is 6.04 Å². The lowest BCUT2D eigenvalue weighted by molar-refractivity contribution is -0.122. The van der Waals surface area contributed by atoms with Gasteiger partial charge in [-0.1, -0.05) is 13.0 Å². The first-order valence-corrected chi connectivity index (χ1v) is 4.66. The number of carbonyl (C=O) groups is 1. The summed E-state index contributed by atoms with van der Waals surface area (Å²) < 4.78 is 0. The molecule has 0 fully saturated rings. The highest BCUT2D eigenvalue weighted by atomic mass is 16.2. The summed E-state index contributed by atoms with van der Waals surface area (Å²) in [5.41, 5.74) is 6.53. The first-order valence-electron chi connectivity index (χ1n) is 4.66. The molecule has 0 spiro atoms. The van der Waals surface area contributed by atoms with Gasteiger partial charge in [0, 0.05) is 18.9 Å². The molecular weight excluding hydrogens is 178 g/mol. The Morgan fingerprint density at radius 1 is 1.71 bits per heavy atom. The van der Waals surface area contributed by atoms with Crippen LogP contribution in [0, 0.1) is 0 Å². The Balaban J connectivity index is 2.38. The third kappa shape index (κ3) is 3.14. The van der Waals surface area contributed by atoms with Crippen LogP contribution in [-0.2, 0) is 11.3 Å². The molecule has 0 saturated carbocycles. The number of nitrogens with two attached hydrogens (primary N) is 1. The van der Waals surface area contributed by atoms with Gasteiger partial charge < -0.3 is 11.1 Å². The molecule has 0 unspecified atom stereocenters. The maximum atomic E-state index is 11.3. The lowest BCUT2D eigenvalue weighted by Gasteiger charge is -2.09. The van der Waals surface area contributed by atoms with Gasteiger partial charge in [0.2, 0.25) is 5.91 Å². The van der Waals surface area contributed by atoms with Crippen molar-refractivity contribution in [2.75, 3.05) is 0 Å². The van der Waals surface area contributed by atoms with E-state index in [1.807, 2.05) is 19.1 Å². The smallest absolute Gasteiger partial charge is 0.237 e. The Labute approximate surface area is 83.5 Å². The number of nitrogens with one attached hydrogen (secondary N) is 1. The molecule has 1 atom stereocenters. The van der Waals surface area contributed by atoms with E-state index in [0.717, 1.165) is 5.56 Å². The Morgan fingerprint density at radius 3 is 3.07 bits per heavy atom. The van der Waals surface area contributed by atoms with Crippen molar-refractivity contribution in [3.8, 4) is 0 Å². The molecule has 4 heteroatoms. The van der Waals surface area contributed by atoms with Gasteiger partial charge >= 0.3 is 0 Å². The molecule has 1 rings (SSSR count). The van der Waals surface area contributed by atoms with Crippen LogP contribution in [0.5, 0.6) is 0 Å². The van der Waals surface area contributed by atoms with Crippen molar-refractivity contribution in [1.82, 2.24) is 10.3 Å². The first-order chi connectivity index (χ1) is 6.74. The molecule has 0 aromatic carbocycles. The zero-order valence-electron chi connectivity index (χ0n) is 8.23. The summed E-state index contributed by atoms with van der Waals surface area (Å²) in [6, 6.07) is 3.33. The fourth-order valence-corrected chi connectivity index (χ4v) is 1.01. The van der Waals surface area contributed by atoms with Gasteiger partial charge in [0.15, 0.2) is 0 Å². The van der Waals surface area contributed by atoms with E-state index >= 15 is 0 Å². The minimum absolute atomic E-state index is 0.114. The summed E-state index contributed by atoms with van der Waals surface area (Å²) in [6.45, 7) is 2.37. The van der Waals surface area contributed by atoms with Crippen LogP contribution >= 0.6 is 0 Å². The number of nitrogens with zero attached hydrogens (tertiary/aromatic N) is 1. The van der Waals surface area contributed by atoms with Crippen LogP contribution in [0.15, 0.2) is 24.5 Å². The first kappa shape index (κ1) is 10.7. The molecule has 0 aliphatic carbocycles. The average molecular weight is 193 g/mol. The number of amides is 1.